The number of allylic oxidation sites excluding steroid dienone is 1. The molecule has 0 heterocycles. The Morgan fingerprint density at radius 3 is 2.53 bits per heavy atom. The molecule has 0 aromatic carbocycles. The Bertz CT molecular complexity index is 186. The molecule has 1 rings (SSSR count). The predicted octanol–water partition coefficient (Wildman–Crippen LogP) is 3.76. The quantitative estimate of drug-likeness (QED) is 0.519. The highest BCUT2D eigenvalue weighted by Gasteiger charge is 2.24. The first-order chi connectivity index (χ1) is 7.24. The molecule has 2 unspecified atom stereocenters. The zero-order chi connectivity index (χ0) is 11.1. The van der Waals surface area contributed by atoms with Gasteiger partial charge in [-0.1, -0.05) is 25.3 Å². The molecular formula is C14H27N. The van der Waals surface area contributed by atoms with Crippen LogP contribution in [0.15, 0.2) is 12.2 Å². The normalized spacial score (nSPS) is 26.5. The maximum Gasteiger partial charge on any atom is -0.00178 e. The SMILES string of the molecule is C=C(C)CC1CCCCC1CNCCC. The van der Waals surface area contributed by atoms with Gasteiger partial charge in [-0.15, -0.1) is 6.58 Å². The van der Waals surface area contributed by atoms with Gasteiger partial charge in [0.25, 0.3) is 0 Å². The Morgan fingerprint density at radius 2 is 1.93 bits per heavy atom. The molecule has 0 aliphatic heterocycles. The number of rotatable bonds is 6. The van der Waals surface area contributed by atoms with Gasteiger partial charge in [0.2, 0.25) is 0 Å². The van der Waals surface area contributed by atoms with Crippen LogP contribution in [-0.2, 0) is 0 Å². The topological polar surface area (TPSA) is 12.0 Å². The van der Waals surface area contributed by atoms with Crippen LogP contribution in [-0.4, -0.2) is 13.1 Å². The van der Waals surface area contributed by atoms with E-state index in [1.807, 2.05) is 0 Å². The summed E-state index contributed by atoms with van der Waals surface area (Å²) in [5, 5.41) is 3.58. The summed E-state index contributed by atoms with van der Waals surface area (Å²) in [6, 6.07) is 0. The minimum atomic E-state index is 0.903. The smallest absolute Gasteiger partial charge is 0.00178 e. The Labute approximate surface area is 95.3 Å². The van der Waals surface area contributed by atoms with E-state index in [2.05, 4.69) is 25.7 Å². The van der Waals surface area contributed by atoms with Crippen LogP contribution in [0.4, 0.5) is 0 Å². The van der Waals surface area contributed by atoms with Gasteiger partial charge in [-0.05, 0) is 57.5 Å². The maximum atomic E-state index is 4.06. The second-order valence-corrected chi connectivity index (χ2v) is 5.17. The fourth-order valence-corrected chi connectivity index (χ4v) is 2.73. The van der Waals surface area contributed by atoms with Gasteiger partial charge in [-0.3, -0.25) is 0 Å². The van der Waals surface area contributed by atoms with E-state index in [0.717, 1.165) is 11.8 Å². The van der Waals surface area contributed by atoms with Crippen LogP contribution in [0, 0.1) is 11.8 Å². The first-order valence-corrected chi connectivity index (χ1v) is 6.59. The summed E-state index contributed by atoms with van der Waals surface area (Å²) in [5.74, 6) is 1.81. The molecule has 1 fully saturated rings. The Morgan fingerprint density at radius 1 is 1.27 bits per heavy atom. The molecule has 0 bridgehead atoms. The van der Waals surface area contributed by atoms with Crippen LogP contribution in [0.3, 0.4) is 0 Å². The molecule has 0 aromatic rings. The molecule has 2 atom stereocenters. The molecule has 1 aliphatic rings. The summed E-state index contributed by atoms with van der Waals surface area (Å²) in [6.45, 7) is 10.9. The molecule has 0 aromatic heterocycles. The van der Waals surface area contributed by atoms with Crippen molar-refractivity contribution in [1.29, 1.82) is 0 Å². The van der Waals surface area contributed by atoms with Crippen molar-refractivity contribution in [2.75, 3.05) is 13.1 Å². The third kappa shape index (κ3) is 4.83. The van der Waals surface area contributed by atoms with Crippen LogP contribution in [0.5, 0.6) is 0 Å². The first kappa shape index (κ1) is 12.8. The molecular weight excluding hydrogens is 182 g/mol. The van der Waals surface area contributed by atoms with Crippen molar-refractivity contribution < 1.29 is 0 Å². The summed E-state index contributed by atoms with van der Waals surface area (Å²) >= 11 is 0. The minimum Gasteiger partial charge on any atom is -0.316 e. The average molecular weight is 209 g/mol. The van der Waals surface area contributed by atoms with Gasteiger partial charge in [-0.25, -0.2) is 0 Å². The molecule has 1 heteroatoms. The molecule has 0 spiro atoms. The zero-order valence-corrected chi connectivity index (χ0v) is 10.5. The van der Waals surface area contributed by atoms with Crippen molar-refractivity contribution in [3.05, 3.63) is 12.2 Å². The van der Waals surface area contributed by atoms with Crippen LogP contribution in [0.25, 0.3) is 0 Å². The van der Waals surface area contributed by atoms with Gasteiger partial charge in [0.1, 0.15) is 0 Å². The molecule has 1 aliphatic carbocycles. The Kier molecular flexibility index (Phi) is 6.00. The number of hydrogen-bond acceptors (Lipinski definition) is 1. The number of nitrogens with one attached hydrogen (secondary N) is 1. The summed E-state index contributed by atoms with van der Waals surface area (Å²) in [7, 11) is 0. The van der Waals surface area contributed by atoms with Crippen molar-refractivity contribution in [2.45, 2.75) is 52.4 Å². The second-order valence-electron chi connectivity index (χ2n) is 5.17. The van der Waals surface area contributed by atoms with Gasteiger partial charge >= 0.3 is 0 Å². The van der Waals surface area contributed by atoms with Gasteiger partial charge in [-0.2, -0.15) is 0 Å². The van der Waals surface area contributed by atoms with Crippen LogP contribution < -0.4 is 5.32 Å². The van der Waals surface area contributed by atoms with E-state index >= 15 is 0 Å². The lowest BCUT2D eigenvalue weighted by Gasteiger charge is -2.32. The third-order valence-corrected chi connectivity index (χ3v) is 3.51. The lowest BCUT2D eigenvalue weighted by Crippen LogP contribution is -2.31. The molecule has 1 nitrogen and oxygen atoms in total. The van der Waals surface area contributed by atoms with Crippen LogP contribution >= 0.6 is 0 Å². The standard InChI is InChI=1S/C14H27N/c1-4-9-15-11-14-8-6-5-7-13(14)10-12(2)3/h13-15H,2,4-11H2,1,3H3. The fraction of sp³-hybridized carbons (Fsp3) is 0.857. The van der Waals surface area contributed by atoms with Gasteiger partial charge in [0.05, 0.1) is 0 Å². The van der Waals surface area contributed by atoms with Crippen molar-refractivity contribution >= 4 is 0 Å². The lowest BCUT2D eigenvalue weighted by atomic mass is 9.76. The van der Waals surface area contributed by atoms with E-state index in [1.54, 1.807) is 0 Å². The molecule has 88 valence electrons. The highest BCUT2D eigenvalue weighted by atomic mass is 14.9. The summed E-state index contributed by atoms with van der Waals surface area (Å²) < 4.78 is 0. The van der Waals surface area contributed by atoms with Crippen LogP contribution in [0.2, 0.25) is 0 Å². The van der Waals surface area contributed by atoms with Crippen molar-refractivity contribution in [1.82, 2.24) is 5.32 Å². The van der Waals surface area contributed by atoms with Gasteiger partial charge in [0.15, 0.2) is 0 Å². The highest BCUT2D eigenvalue weighted by molar-refractivity contribution is 4.93. The molecule has 0 amide bonds. The predicted molar refractivity (Wildman–Crippen MR) is 68.0 cm³/mol. The molecule has 15 heavy (non-hydrogen) atoms. The second kappa shape index (κ2) is 7.05. The lowest BCUT2D eigenvalue weighted by molar-refractivity contribution is 0.228. The maximum absolute atomic E-state index is 4.06. The van der Waals surface area contributed by atoms with Gasteiger partial charge in [0, 0.05) is 0 Å². The van der Waals surface area contributed by atoms with Crippen molar-refractivity contribution in [2.24, 2.45) is 11.8 Å². The van der Waals surface area contributed by atoms with E-state index in [-0.39, 0.29) is 0 Å². The van der Waals surface area contributed by atoms with Gasteiger partial charge < -0.3 is 5.32 Å². The molecule has 1 saturated carbocycles. The highest BCUT2D eigenvalue weighted by Crippen LogP contribution is 2.33. The largest absolute Gasteiger partial charge is 0.316 e. The van der Waals surface area contributed by atoms with E-state index in [1.165, 1.54) is 57.2 Å². The average Bonchev–Trinajstić information content (AvgIpc) is 2.20. The summed E-state index contributed by atoms with van der Waals surface area (Å²) in [4.78, 5) is 0. The first-order valence-electron chi connectivity index (χ1n) is 6.59. The molecule has 0 radical (unpaired) electrons. The summed E-state index contributed by atoms with van der Waals surface area (Å²) in [5.41, 5.74) is 1.36. The summed E-state index contributed by atoms with van der Waals surface area (Å²) in [6.07, 6.45) is 8.21. The minimum absolute atomic E-state index is 0.903. The Hall–Kier alpha value is -0.300. The van der Waals surface area contributed by atoms with E-state index in [0.29, 0.717) is 0 Å². The van der Waals surface area contributed by atoms with Crippen molar-refractivity contribution in [3.63, 3.8) is 0 Å². The molecule has 1 N–H and O–H groups in total. The van der Waals surface area contributed by atoms with Crippen LogP contribution in [0.1, 0.15) is 52.4 Å². The zero-order valence-electron chi connectivity index (χ0n) is 10.5. The van der Waals surface area contributed by atoms with E-state index in [9.17, 15) is 0 Å². The number of hydrogen-bond donors (Lipinski definition) is 1. The van der Waals surface area contributed by atoms with Crippen molar-refractivity contribution in [3.8, 4) is 0 Å². The Balaban J connectivity index is 2.32. The third-order valence-electron chi connectivity index (χ3n) is 3.51. The van der Waals surface area contributed by atoms with E-state index < -0.39 is 0 Å². The van der Waals surface area contributed by atoms with E-state index in [4.69, 9.17) is 0 Å². The monoisotopic (exact) mass is 209 g/mol. The molecule has 0 saturated heterocycles. The fourth-order valence-electron chi connectivity index (χ4n) is 2.73.